The molecule has 0 spiro atoms. The number of rotatable bonds is 5. The highest BCUT2D eigenvalue weighted by Gasteiger charge is 2.53. The second kappa shape index (κ2) is 8.89. The Balaban J connectivity index is 1.61. The van der Waals surface area contributed by atoms with Gasteiger partial charge in [0.2, 0.25) is 0 Å². The summed E-state index contributed by atoms with van der Waals surface area (Å²) in [4.78, 5) is 28.4. The maximum atomic E-state index is 14.8. The van der Waals surface area contributed by atoms with Crippen molar-refractivity contribution in [3.63, 3.8) is 0 Å². The Morgan fingerprint density at radius 1 is 1.06 bits per heavy atom. The third-order valence-corrected chi connectivity index (χ3v) is 6.74. The minimum atomic E-state index is -4.95. The fraction of sp³-hybridized carbons (Fsp3) is 0.385. The van der Waals surface area contributed by atoms with Crippen molar-refractivity contribution in [3.8, 4) is 0 Å². The highest BCUT2D eigenvalue weighted by Crippen LogP contribution is 2.40. The average molecular weight is 474 g/mol. The number of allylic oxidation sites excluding steroid dienone is 7. The van der Waals surface area contributed by atoms with E-state index in [9.17, 15) is 27.2 Å². The van der Waals surface area contributed by atoms with Crippen LogP contribution in [0.1, 0.15) is 38.7 Å². The fourth-order valence-corrected chi connectivity index (χ4v) is 4.73. The molecular formula is C26H26F4N2O2. The normalized spacial score (nSPS) is 24.2. The summed E-state index contributed by atoms with van der Waals surface area (Å²) in [6.07, 6.45) is 11.8. The zero-order chi connectivity index (χ0) is 24.7. The van der Waals surface area contributed by atoms with Crippen molar-refractivity contribution in [1.29, 1.82) is 0 Å². The van der Waals surface area contributed by atoms with Crippen LogP contribution in [-0.4, -0.2) is 28.9 Å². The summed E-state index contributed by atoms with van der Waals surface area (Å²) in [5.74, 6) is -1.88. The van der Waals surface area contributed by atoms with Gasteiger partial charge in [-0.25, -0.2) is 14.1 Å². The summed E-state index contributed by atoms with van der Waals surface area (Å²) in [6.45, 7) is 3.19. The van der Waals surface area contributed by atoms with E-state index in [1.807, 2.05) is 24.3 Å². The highest BCUT2D eigenvalue weighted by molar-refractivity contribution is 6.23. The van der Waals surface area contributed by atoms with Crippen LogP contribution in [-0.2, 0) is 11.0 Å². The van der Waals surface area contributed by atoms with Crippen molar-refractivity contribution in [1.82, 2.24) is 4.90 Å². The summed E-state index contributed by atoms with van der Waals surface area (Å²) < 4.78 is 54.5. The van der Waals surface area contributed by atoms with Crippen molar-refractivity contribution in [2.45, 2.75) is 44.8 Å². The van der Waals surface area contributed by atoms with Crippen LogP contribution in [0.25, 0.3) is 0 Å². The number of hydrogen-bond donors (Lipinski definition) is 0. The Morgan fingerprint density at radius 2 is 1.79 bits per heavy atom. The Bertz CT molecular complexity index is 1110. The lowest BCUT2D eigenvalue weighted by atomic mass is 9.81. The Morgan fingerprint density at radius 3 is 2.47 bits per heavy atom. The molecule has 180 valence electrons. The van der Waals surface area contributed by atoms with Gasteiger partial charge in [-0.2, -0.15) is 13.2 Å². The number of nitrogens with zero attached hydrogens (tertiary/aromatic N) is 2. The first kappa shape index (κ1) is 24.0. The minimum Gasteiger partial charge on any atom is -0.306 e. The number of imide groups is 1. The van der Waals surface area contributed by atoms with E-state index in [4.69, 9.17) is 0 Å². The number of hydrogen-bond acceptors (Lipinski definition) is 2. The molecule has 2 unspecified atom stereocenters. The van der Waals surface area contributed by atoms with Crippen LogP contribution in [0.2, 0.25) is 0 Å². The quantitative estimate of drug-likeness (QED) is 0.365. The van der Waals surface area contributed by atoms with E-state index in [1.165, 1.54) is 18.7 Å². The zero-order valence-corrected chi connectivity index (χ0v) is 19.0. The molecule has 4 nitrogen and oxygen atoms in total. The molecule has 3 amide bonds. The highest BCUT2D eigenvalue weighted by atomic mass is 19.4. The molecule has 1 heterocycles. The van der Waals surface area contributed by atoms with Gasteiger partial charge < -0.3 is 4.90 Å². The van der Waals surface area contributed by atoms with Gasteiger partial charge in [0, 0.05) is 6.54 Å². The summed E-state index contributed by atoms with van der Waals surface area (Å²) >= 11 is 0. The van der Waals surface area contributed by atoms with Gasteiger partial charge in [0.1, 0.15) is 5.54 Å². The van der Waals surface area contributed by atoms with E-state index in [1.54, 1.807) is 0 Å². The maximum Gasteiger partial charge on any atom is 0.419 e. The lowest BCUT2D eigenvalue weighted by Crippen LogP contribution is -2.45. The Hall–Kier alpha value is -3.16. The van der Waals surface area contributed by atoms with Crippen LogP contribution >= 0.6 is 0 Å². The molecule has 1 aromatic rings. The molecule has 0 bridgehead atoms. The van der Waals surface area contributed by atoms with E-state index >= 15 is 0 Å². The van der Waals surface area contributed by atoms with Gasteiger partial charge in [-0.05, 0) is 62.7 Å². The zero-order valence-electron chi connectivity index (χ0n) is 19.0. The van der Waals surface area contributed by atoms with Gasteiger partial charge in [0.15, 0.2) is 5.82 Å². The van der Waals surface area contributed by atoms with Crippen LogP contribution < -0.4 is 4.90 Å². The molecule has 1 fully saturated rings. The third kappa shape index (κ3) is 4.33. The molecule has 0 radical (unpaired) electrons. The topological polar surface area (TPSA) is 40.6 Å². The molecule has 0 aromatic heterocycles. The molecule has 2 atom stereocenters. The van der Waals surface area contributed by atoms with Gasteiger partial charge in [-0.3, -0.25) is 4.79 Å². The molecule has 1 aliphatic heterocycles. The van der Waals surface area contributed by atoms with E-state index in [2.05, 4.69) is 18.2 Å². The first-order valence-electron chi connectivity index (χ1n) is 11.2. The van der Waals surface area contributed by atoms with Gasteiger partial charge >= 0.3 is 12.2 Å². The molecule has 3 aliphatic rings. The summed E-state index contributed by atoms with van der Waals surface area (Å²) in [6, 6.07) is 1.77. The Kier molecular flexibility index (Phi) is 6.27. The second-order valence-corrected chi connectivity index (χ2v) is 9.35. The molecule has 0 N–H and O–H groups in total. The predicted molar refractivity (Wildman–Crippen MR) is 121 cm³/mol. The van der Waals surface area contributed by atoms with Gasteiger partial charge in [-0.15, -0.1) is 0 Å². The van der Waals surface area contributed by atoms with Crippen molar-refractivity contribution in [2.75, 3.05) is 11.4 Å². The number of halogens is 4. The van der Waals surface area contributed by atoms with Crippen LogP contribution in [0.5, 0.6) is 0 Å². The van der Waals surface area contributed by atoms with E-state index in [0.717, 1.165) is 37.0 Å². The predicted octanol–water partition coefficient (Wildman–Crippen LogP) is 6.42. The lowest BCUT2D eigenvalue weighted by molar-refractivity contribution is -0.140. The standard InChI is InChI=1S/C26H26F4N2O2/c1-25(2)23(33)32(21-14-8-13-20(22(21)27)26(28,29)30)24(34)31(25)16-19-12-7-6-11-18(19)15-17-9-4-3-5-10-17/h3-9,12-14,17-18H,10-11,15-16H2,1-2H3. The van der Waals surface area contributed by atoms with Crippen molar-refractivity contribution in [2.24, 2.45) is 11.8 Å². The van der Waals surface area contributed by atoms with Gasteiger partial charge in [0.05, 0.1) is 11.3 Å². The third-order valence-electron chi connectivity index (χ3n) is 6.74. The number of carbonyl (C=O) groups is 2. The average Bonchev–Trinajstić information content (AvgIpc) is 2.94. The van der Waals surface area contributed by atoms with Crippen molar-refractivity contribution < 1.29 is 27.2 Å². The van der Waals surface area contributed by atoms with Crippen LogP contribution in [0.3, 0.4) is 0 Å². The smallest absolute Gasteiger partial charge is 0.306 e. The number of alkyl halides is 3. The number of anilines is 1. The lowest BCUT2D eigenvalue weighted by Gasteiger charge is -2.33. The number of benzene rings is 1. The van der Waals surface area contributed by atoms with Crippen LogP contribution in [0.15, 0.2) is 66.3 Å². The van der Waals surface area contributed by atoms with Gasteiger partial charge in [-0.1, -0.05) is 48.6 Å². The number of carbonyl (C=O) groups excluding carboxylic acids is 2. The largest absolute Gasteiger partial charge is 0.419 e. The fourth-order valence-electron chi connectivity index (χ4n) is 4.73. The Labute approximate surface area is 195 Å². The van der Waals surface area contributed by atoms with Crippen molar-refractivity contribution in [3.05, 3.63) is 77.7 Å². The summed E-state index contributed by atoms with van der Waals surface area (Å²) in [5.41, 5.74) is -2.59. The molecule has 4 rings (SSSR count). The SMILES string of the molecule is CC1(C)C(=O)N(c2cccc(C(F)(F)F)c2F)C(=O)N1CC1=CC=CCC1CC1C=CC=CC1. The monoisotopic (exact) mass is 474 g/mol. The van der Waals surface area contributed by atoms with Gasteiger partial charge in [0.25, 0.3) is 5.91 Å². The van der Waals surface area contributed by atoms with Crippen molar-refractivity contribution >= 4 is 17.6 Å². The summed E-state index contributed by atoms with van der Waals surface area (Å²) in [5, 5.41) is 0. The molecule has 8 heteroatoms. The molecule has 1 saturated heterocycles. The maximum absolute atomic E-state index is 14.8. The van der Waals surface area contributed by atoms with E-state index in [0.29, 0.717) is 16.9 Å². The number of urea groups is 1. The first-order valence-corrected chi connectivity index (χ1v) is 11.2. The molecule has 2 aliphatic carbocycles. The molecule has 0 saturated carbocycles. The molecule has 1 aromatic carbocycles. The molecular weight excluding hydrogens is 448 g/mol. The van der Waals surface area contributed by atoms with Crippen LogP contribution in [0, 0.1) is 17.7 Å². The first-order chi connectivity index (χ1) is 16.0. The second-order valence-electron chi connectivity index (χ2n) is 9.35. The summed E-state index contributed by atoms with van der Waals surface area (Å²) in [7, 11) is 0. The van der Waals surface area contributed by atoms with Crippen LogP contribution in [0.4, 0.5) is 28.0 Å². The number of amides is 3. The minimum absolute atomic E-state index is 0.135. The van der Waals surface area contributed by atoms with E-state index < -0.39 is 40.7 Å². The van der Waals surface area contributed by atoms with E-state index in [-0.39, 0.29) is 12.5 Å². The molecule has 34 heavy (non-hydrogen) atoms.